The Morgan fingerprint density at radius 3 is 2.44 bits per heavy atom. The highest BCUT2D eigenvalue weighted by Gasteiger charge is 2.29. The molecule has 5 heteroatoms. The molecule has 16 heavy (non-hydrogen) atoms. The molecule has 0 spiro atoms. The van der Waals surface area contributed by atoms with Crippen molar-refractivity contribution in [1.82, 2.24) is 4.90 Å². The highest BCUT2D eigenvalue weighted by atomic mass is 16.6. The van der Waals surface area contributed by atoms with Crippen LogP contribution in [0.15, 0.2) is 0 Å². The summed E-state index contributed by atoms with van der Waals surface area (Å²) in [6.45, 7) is 2.06. The Morgan fingerprint density at radius 1 is 1.31 bits per heavy atom. The van der Waals surface area contributed by atoms with Gasteiger partial charge >= 0.3 is 12.1 Å². The van der Waals surface area contributed by atoms with Gasteiger partial charge in [0.15, 0.2) is 0 Å². The Labute approximate surface area is 95.7 Å². The summed E-state index contributed by atoms with van der Waals surface area (Å²) in [5, 5.41) is 0. The summed E-state index contributed by atoms with van der Waals surface area (Å²) in [7, 11) is 1.32. The van der Waals surface area contributed by atoms with E-state index in [9.17, 15) is 9.59 Å². The summed E-state index contributed by atoms with van der Waals surface area (Å²) >= 11 is 0. The summed E-state index contributed by atoms with van der Waals surface area (Å²) in [5.74, 6) is -0.403. The monoisotopic (exact) mass is 229 g/mol. The van der Waals surface area contributed by atoms with Crippen molar-refractivity contribution in [2.75, 3.05) is 20.3 Å². The van der Waals surface area contributed by atoms with E-state index in [1.165, 1.54) is 12.0 Å². The van der Waals surface area contributed by atoms with Gasteiger partial charge in [-0.1, -0.05) is 12.8 Å². The highest BCUT2D eigenvalue weighted by Crippen LogP contribution is 2.23. The van der Waals surface area contributed by atoms with Gasteiger partial charge in [0.25, 0.3) is 0 Å². The molecule has 1 aliphatic carbocycles. The Hall–Kier alpha value is -1.26. The normalized spacial score (nSPS) is 15.9. The first-order chi connectivity index (χ1) is 7.69. The number of carbonyl (C=O) groups is 2. The fourth-order valence-electron chi connectivity index (χ4n) is 1.97. The van der Waals surface area contributed by atoms with Crippen LogP contribution in [0.5, 0.6) is 0 Å². The van der Waals surface area contributed by atoms with Crippen molar-refractivity contribution < 1.29 is 19.1 Å². The van der Waals surface area contributed by atoms with Gasteiger partial charge in [0, 0.05) is 6.04 Å². The van der Waals surface area contributed by atoms with Crippen molar-refractivity contribution in [3.8, 4) is 0 Å². The van der Waals surface area contributed by atoms with Crippen molar-refractivity contribution in [1.29, 1.82) is 0 Å². The number of carbonyl (C=O) groups excluding carboxylic acids is 2. The molecule has 1 amide bonds. The molecule has 0 unspecified atom stereocenters. The SMILES string of the molecule is CCOC(=O)N(CC(=O)OC)C1CCCC1. The molecule has 0 heterocycles. The zero-order chi connectivity index (χ0) is 12.0. The lowest BCUT2D eigenvalue weighted by atomic mass is 10.2. The number of ether oxygens (including phenoxy) is 2. The lowest BCUT2D eigenvalue weighted by molar-refractivity contribution is -0.142. The van der Waals surface area contributed by atoms with Crippen LogP contribution in [0.3, 0.4) is 0 Å². The summed E-state index contributed by atoms with van der Waals surface area (Å²) in [5.41, 5.74) is 0. The minimum atomic E-state index is -0.417. The van der Waals surface area contributed by atoms with Crippen LogP contribution < -0.4 is 0 Å². The first-order valence-electron chi connectivity index (χ1n) is 5.69. The Bertz CT molecular complexity index is 248. The molecular formula is C11H19NO4. The molecule has 1 aliphatic rings. The van der Waals surface area contributed by atoms with Gasteiger partial charge in [-0.3, -0.25) is 9.69 Å². The van der Waals surface area contributed by atoms with Crippen molar-refractivity contribution in [2.45, 2.75) is 38.6 Å². The minimum Gasteiger partial charge on any atom is -0.468 e. The van der Waals surface area contributed by atoms with Gasteiger partial charge in [0.1, 0.15) is 6.54 Å². The molecule has 92 valence electrons. The third kappa shape index (κ3) is 3.40. The molecule has 5 nitrogen and oxygen atoms in total. The number of rotatable bonds is 4. The van der Waals surface area contributed by atoms with Crippen LogP contribution in [0.4, 0.5) is 4.79 Å². The van der Waals surface area contributed by atoms with Crippen LogP contribution in [0, 0.1) is 0 Å². The van der Waals surface area contributed by atoms with Gasteiger partial charge in [-0.05, 0) is 19.8 Å². The van der Waals surface area contributed by atoms with Crippen LogP contribution in [-0.4, -0.2) is 43.3 Å². The van der Waals surface area contributed by atoms with E-state index in [-0.39, 0.29) is 12.6 Å². The van der Waals surface area contributed by atoms with E-state index in [1.54, 1.807) is 6.92 Å². The maximum absolute atomic E-state index is 11.7. The number of hydrogen-bond donors (Lipinski definition) is 0. The van der Waals surface area contributed by atoms with Crippen LogP contribution in [0.2, 0.25) is 0 Å². The largest absolute Gasteiger partial charge is 0.468 e. The molecule has 0 aromatic rings. The van der Waals surface area contributed by atoms with Crippen molar-refractivity contribution in [2.24, 2.45) is 0 Å². The summed E-state index contributed by atoms with van der Waals surface area (Å²) in [6.07, 6.45) is 3.66. The van der Waals surface area contributed by atoms with Crippen molar-refractivity contribution in [3.63, 3.8) is 0 Å². The second kappa shape index (κ2) is 6.35. The molecule has 1 saturated carbocycles. The lowest BCUT2D eigenvalue weighted by Gasteiger charge is -2.26. The summed E-state index contributed by atoms with van der Waals surface area (Å²) in [4.78, 5) is 24.4. The molecule has 0 radical (unpaired) electrons. The number of methoxy groups -OCH3 is 1. The molecule has 0 bridgehead atoms. The third-order valence-electron chi connectivity index (χ3n) is 2.79. The van der Waals surface area contributed by atoms with Gasteiger partial charge in [-0.25, -0.2) is 4.79 Å². The quantitative estimate of drug-likeness (QED) is 0.686. The molecule has 0 N–H and O–H groups in total. The van der Waals surface area contributed by atoms with Gasteiger partial charge in [-0.2, -0.15) is 0 Å². The number of esters is 1. The van der Waals surface area contributed by atoms with E-state index in [0.717, 1.165) is 25.7 Å². The van der Waals surface area contributed by atoms with Gasteiger partial charge in [0.2, 0.25) is 0 Å². The van der Waals surface area contributed by atoms with Crippen LogP contribution in [0.1, 0.15) is 32.6 Å². The number of nitrogens with zero attached hydrogens (tertiary/aromatic N) is 1. The van der Waals surface area contributed by atoms with Crippen LogP contribution >= 0.6 is 0 Å². The predicted octanol–water partition coefficient (Wildman–Crippen LogP) is 1.56. The average molecular weight is 229 g/mol. The van der Waals surface area contributed by atoms with Gasteiger partial charge < -0.3 is 9.47 Å². The Balaban J connectivity index is 2.59. The summed E-state index contributed by atoms with van der Waals surface area (Å²) < 4.78 is 9.52. The highest BCUT2D eigenvalue weighted by molar-refractivity contribution is 5.78. The second-order valence-corrected chi connectivity index (χ2v) is 3.84. The molecule has 0 saturated heterocycles. The van der Waals surface area contributed by atoms with E-state index in [2.05, 4.69) is 4.74 Å². The number of amides is 1. The topological polar surface area (TPSA) is 55.8 Å². The fourth-order valence-corrected chi connectivity index (χ4v) is 1.97. The third-order valence-corrected chi connectivity index (χ3v) is 2.79. The number of hydrogen-bond acceptors (Lipinski definition) is 4. The van der Waals surface area contributed by atoms with Crippen LogP contribution in [0.25, 0.3) is 0 Å². The molecule has 1 rings (SSSR count). The first kappa shape index (κ1) is 12.8. The first-order valence-corrected chi connectivity index (χ1v) is 5.69. The molecule has 0 atom stereocenters. The zero-order valence-electron chi connectivity index (χ0n) is 9.90. The summed E-state index contributed by atoms with van der Waals surface area (Å²) in [6, 6.07) is 0.123. The van der Waals surface area contributed by atoms with E-state index in [0.29, 0.717) is 6.61 Å². The van der Waals surface area contributed by atoms with E-state index in [1.807, 2.05) is 0 Å². The Morgan fingerprint density at radius 2 is 1.94 bits per heavy atom. The zero-order valence-corrected chi connectivity index (χ0v) is 9.90. The molecular weight excluding hydrogens is 210 g/mol. The Kier molecular flexibility index (Phi) is 5.08. The van der Waals surface area contributed by atoms with Crippen LogP contribution in [-0.2, 0) is 14.3 Å². The maximum atomic E-state index is 11.7. The van der Waals surface area contributed by atoms with Crippen molar-refractivity contribution >= 4 is 12.1 Å². The van der Waals surface area contributed by atoms with Gasteiger partial charge in [-0.15, -0.1) is 0 Å². The smallest absolute Gasteiger partial charge is 0.410 e. The predicted molar refractivity (Wildman–Crippen MR) is 58.0 cm³/mol. The maximum Gasteiger partial charge on any atom is 0.410 e. The van der Waals surface area contributed by atoms with E-state index < -0.39 is 12.1 Å². The van der Waals surface area contributed by atoms with Gasteiger partial charge in [0.05, 0.1) is 13.7 Å². The minimum absolute atomic E-state index is 0.0139. The van der Waals surface area contributed by atoms with E-state index in [4.69, 9.17) is 4.74 Å². The fraction of sp³-hybridized carbons (Fsp3) is 0.818. The standard InChI is InChI=1S/C11H19NO4/c1-3-16-11(14)12(8-10(13)15-2)9-6-4-5-7-9/h9H,3-8H2,1-2H3. The average Bonchev–Trinajstić information content (AvgIpc) is 2.78. The van der Waals surface area contributed by atoms with Crippen molar-refractivity contribution in [3.05, 3.63) is 0 Å². The molecule has 1 fully saturated rings. The molecule has 0 aliphatic heterocycles. The van der Waals surface area contributed by atoms with E-state index >= 15 is 0 Å². The second-order valence-electron chi connectivity index (χ2n) is 3.84. The molecule has 0 aromatic heterocycles. The lowest BCUT2D eigenvalue weighted by Crippen LogP contribution is -2.42. The molecule has 0 aromatic carbocycles.